The van der Waals surface area contributed by atoms with Crippen LogP contribution in [0.3, 0.4) is 0 Å². The molecule has 4 heteroatoms. The molecule has 0 bridgehead atoms. The minimum absolute atomic E-state index is 0.318. The van der Waals surface area contributed by atoms with Crippen LogP contribution < -0.4 is 5.76 Å². The smallest absolute Gasteiger partial charge is 0.408 e. The monoisotopic (exact) mass is 241 g/mol. The molecule has 0 saturated heterocycles. The van der Waals surface area contributed by atoms with Crippen molar-refractivity contribution in [3.63, 3.8) is 0 Å². The Hall–Kier alpha value is -1.03. The Kier molecular flexibility index (Phi) is 2.00. The molecule has 1 heterocycles. The third-order valence-corrected chi connectivity index (χ3v) is 2.66. The van der Waals surface area contributed by atoms with Crippen LogP contribution in [-0.4, -0.2) is 4.57 Å². The van der Waals surface area contributed by atoms with Gasteiger partial charge in [0.2, 0.25) is 0 Å². The van der Waals surface area contributed by atoms with E-state index in [1.165, 1.54) is 4.57 Å². The van der Waals surface area contributed by atoms with Gasteiger partial charge in [-0.25, -0.2) is 4.79 Å². The van der Waals surface area contributed by atoms with E-state index in [0.717, 1.165) is 16.4 Å². The SMILES string of the molecule is Cn1c(=O)oc2ccc(CBr)cc21. The quantitative estimate of drug-likeness (QED) is 0.717. The van der Waals surface area contributed by atoms with Crippen molar-refractivity contribution >= 4 is 27.0 Å². The van der Waals surface area contributed by atoms with Crippen LogP contribution in [0.4, 0.5) is 0 Å². The van der Waals surface area contributed by atoms with Crippen molar-refractivity contribution in [1.29, 1.82) is 0 Å². The van der Waals surface area contributed by atoms with Crippen molar-refractivity contribution in [2.45, 2.75) is 5.33 Å². The third-order valence-electron chi connectivity index (χ3n) is 2.01. The summed E-state index contributed by atoms with van der Waals surface area (Å²) in [4.78, 5) is 11.1. The number of rotatable bonds is 1. The first-order chi connectivity index (χ1) is 6.22. The first kappa shape index (κ1) is 8.56. The van der Waals surface area contributed by atoms with E-state index in [2.05, 4.69) is 15.9 Å². The first-order valence-electron chi connectivity index (χ1n) is 3.87. The Morgan fingerprint density at radius 2 is 2.31 bits per heavy atom. The molecule has 1 aromatic heterocycles. The number of aromatic nitrogens is 1. The van der Waals surface area contributed by atoms with E-state index in [9.17, 15) is 4.79 Å². The second-order valence-electron chi connectivity index (χ2n) is 2.86. The van der Waals surface area contributed by atoms with Gasteiger partial charge in [-0.1, -0.05) is 22.0 Å². The van der Waals surface area contributed by atoms with Gasteiger partial charge in [-0.2, -0.15) is 0 Å². The molecular formula is C9H8BrNO2. The molecule has 13 heavy (non-hydrogen) atoms. The number of aryl methyl sites for hydroxylation is 1. The number of halogens is 1. The van der Waals surface area contributed by atoms with Crippen LogP contribution in [0.15, 0.2) is 27.4 Å². The van der Waals surface area contributed by atoms with Crippen LogP contribution in [0.25, 0.3) is 11.1 Å². The summed E-state index contributed by atoms with van der Waals surface area (Å²) in [5, 5.41) is 0.780. The average Bonchev–Trinajstić information content (AvgIpc) is 2.43. The van der Waals surface area contributed by atoms with Gasteiger partial charge in [0.05, 0.1) is 5.52 Å². The van der Waals surface area contributed by atoms with Crippen LogP contribution in [0.2, 0.25) is 0 Å². The minimum atomic E-state index is -0.318. The van der Waals surface area contributed by atoms with Gasteiger partial charge in [0.25, 0.3) is 0 Å². The zero-order valence-electron chi connectivity index (χ0n) is 7.08. The summed E-state index contributed by atoms with van der Waals surface area (Å²) >= 11 is 3.36. The maximum atomic E-state index is 11.1. The highest BCUT2D eigenvalue weighted by molar-refractivity contribution is 9.08. The van der Waals surface area contributed by atoms with Gasteiger partial charge in [0.15, 0.2) is 5.58 Å². The first-order valence-corrected chi connectivity index (χ1v) is 4.99. The van der Waals surface area contributed by atoms with Crippen molar-refractivity contribution in [3.8, 4) is 0 Å². The molecule has 0 atom stereocenters. The Labute approximate surface area is 83.1 Å². The van der Waals surface area contributed by atoms with Crippen molar-refractivity contribution in [2.24, 2.45) is 7.05 Å². The lowest BCUT2D eigenvalue weighted by molar-refractivity contribution is 0.528. The van der Waals surface area contributed by atoms with Gasteiger partial charge in [-0.15, -0.1) is 0 Å². The highest BCUT2D eigenvalue weighted by Crippen LogP contribution is 2.15. The maximum Gasteiger partial charge on any atom is 0.419 e. The van der Waals surface area contributed by atoms with Gasteiger partial charge >= 0.3 is 5.76 Å². The molecule has 0 unspecified atom stereocenters. The van der Waals surface area contributed by atoms with E-state index < -0.39 is 0 Å². The normalized spacial score (nSPS) is 10.9. The van der Waals surface area contributed by atoms with Gasteiger partial charge in [-0.3, -0.25) is 4.57 Å². The van der Waals surface area contributed by atoms with Crippen molar-refractivity contribution in [2.75, 3.05) is 0 Å². The summed E-state index contributed by atoms with van der Waals surface area (Å²) in [5.41, 5.74) is 2.60. The van der Waals surface area contributed by atoms with Gasteiger partial charge in [-0.05, 0) is 17.7 Å². The topological polar surface area (TPSA) is 35.1 Å². The van der Waals surface area contributed by atoms with Crippen molar-refractivity contribution < 1.29 is 4.42 Å². The number of nitrogens with zero attached hydrogens (tertiary/aromatic N) is 1. The molecule has 0 fully saturated rings. The Morgan fingerprint density at radius 1 is 1.54 bits per heavy atom. The highest BCUT2D eigenvalue weighted by Gasteiger charge is 2.05. The number of oxazole rings is 1. The molecule has 0 aliphatic carbocycles. The predicted molar refractivity (Wildman–Crippen MR) is 54.1 cm³/mol. The maximum absolute atomic E-state index is 11.1. The van der Waals surface area contributed by atoms with E-state index in [4.69, 9.17) is 4.42 Å². The Balaban J connectivity index is 2.82. The Bertz CT molecular complexity index is 498. The van der Waals surface area contributed by atoms with Crippen LogP contribution in [0.5, 0.6) is 0 Å². The molecule has 0 spiro atoms. The van der Waals surface area contributed by atoms with Crippen LogP contribution >= 0.6 is 15.9 Å². The highest BCUT2D eigenvalue weighted by atomic mass is 79.9. The number of fused-ring (bicyclic) bond motifs is 1. The molecule has 2 rings (SSSR count). The van der Waals surface area contributed by atoms with Crippen LogP contribution in [-0.2, 0) is 12.4 Å². The molecular weight excluding hydrogens is 234 g/mol. The predicted octanol–water partition coefficient (Wildman–Crippen LogP) is 2.03. The lowest BCUT2D eigenvalue weighted by Crippen LogP contribution is -2.08. The number of alkyl halides is 1. The molecule has 0 aliphatic rings. The lowest BCUT2D eigenvalue weighted by atomic mass is 10.2. The number of hydrogen-bond donors (Lipinski definition) is 0. The number of hydrogen-bond acceptors (Lipinski definition) is 2. The van der Waals surface area contributed by atoms with E-state index in [1.807, 2.05) is 18.2 Å². The second-order valence-corrected chi connectivity index (χ2v) is 3.42. The number of benzene rings is 1. The van der Waals surface area contributed by atoms with Crippen LogP contribution in [0, 0.1) is 0 Å². The summed E-state index contributed by atoms with van der Waals surface area (Å²) < 4.78 is 6.49. The third kappa shape index (κ3) is 1.31. The fourth-order valence-corrected chi connectivity index (χ4v) is 1.60. The molecule has 0 N–H and O–H groups in total. The largest absolute Gasteiger partial charge is 0.419 e. The second kappa shape index (κ2) is 3.03. The van der Waals surface area contributed by atoms with Gasteiger partial charge in [0, 0.05) is 12.4 Å². The molecule has 0 amide bonds. The fraction of sp³-hybridized carbons (Fsp3) is 0.222. The molecule has 68 valence electrons. The van der Waals surface area contributed by atoms with Gasteiger partial charge in [0.1, 0.15) is 0 Å². The average molecular weight is 242 g/mol. The summed E-state index contributed by atoms with van der Waals surface area (Å²) in [7, 11) is 1.70. The van der Waals surface area contributed by atoms with Gasteiger partial charge < -0.3 is 4.42 Å². The standard InChI is InChI=1S/C9H8BrNO2/c1-11-7-4-6(5-10)2-3-8(7)13-9(11)12/h2-4H,5H2,1H3. The van der Waals surface area contributed by atoms with E-state index in [0.29, 0.717) is 5.58 Å². The zero-order valence-corrected chi connectivity index (χ0v) is 8.67. The summed E-state index contributed by atoms with van der Waals surface area (Å²) in [6, 6.07) is 5.68. The molecule has 3 nitrogen and oxygen atoms in total. The molecule has 0 radical (unpaired) electrons. The van der Waals surface area contributed by atoms with E-state index in [1.54, 1.807) is 7.05 Å². The molecule has 0 saturated carbocycles. The van der Waals surface area contributed by atoms with E-state index in [-0.39, 0.29) is 5.76 Å². The summed E-state index contributed by atoms with van der Waals surface area (Å²) in [6.07, 6.45) is 0. The Morgan fingerprint density at radius 3 is 3.00 bits per heavy atom. The molecule has 2 aromatic rings. The zero-order chi connectivity index (χ0) is 9.42. The molecule has 0 aliphatic heterocycles. The van der Waals surface area contributed by atoms with E-state index >= 15 is 0 Å². The minimum Gasteiger partial charge on any atom is -0.408 e. The summed E-state index contributed by atoms with van der Waals surface area (Å²) in [6.45, 7) is 0. The van der Waals surface area contributed by atoms with Crippen molar-refractivity contribution in [1.82, 2.24) is 4.57 Å². The molecule has 1 aromatic carbocycles. The fourth-order valence-electron chi connectivity index (χ4n) is 1.26. The summed E-state index contributed by atoms with van der Waals surface area (Å²) in [5.74, 6) is -0.318. The van der Waals surface area contributed by atoms with Crippen LogP contribution in [0.1, 0.15) is 5.56 Å². The van der Waals surface area contributed by atoms with Crippen molar-refractivity contribution in [3.05, 3.63) is 34.3 Å². The lowest BCUT2D eigenvalue weighted by Gasteiger charge is -1.95.